The zero-order chi connectivity index (χ0) is 5.82. The summed E-state index contributed by atoms with van der Waals surface area (Å²) >= 11 is 0. The van der Waals surface area contributed by atoms with Crippen LogP contribution in [0.2, 0.25) is 0 Å². The quantitative estimate of drug-likeness (QED) is 0.514. The van der Waals surface area contributed by atoms with Gasteiger partial charge in [0.2, 0.25) is 0 Å². The van der Waals surface area contributed by atoms with Gasteiger partial charge in [0.25, 0.3) is 0 Å². The fraction of sp³-hybridized carbons (Fsp3) is 1.00. The number of nitrogens with zero attached hydrogens (tertiary/aromatic N) is 1. The first-order chi connectivity index (χ1) is 3.93. The Morgan fingerprint density at radius 2 is 2.50 bits per heavy atom. The van der Waals surface area contributed by atoms with Crippen molar-refractivity contribution < 1.29 is 0 Å². The average Bonchev–Trinajstić information content (AvgIpc) is 2.19. The summed E-state index contributed by atoms with van der Waals surface area (Å²) < 4.78 is 0. The van der Waals surface area contributed by atoms with Gasteiger partial charge in [-0.25, -0.2) is 5.32 Å². The first kappa shape index (κ1) is 6.09. The largest absolute Gasteiger partial charge is 0.238 e. The molecule has 0 aliphatic carbocycles. The SMILES string of the molecule is CCC[C@H]1CCC[N]1. The number of hydrogen-bond donors (Lipinski definition) is 0. The molecule has 0 aromatic rings. The molecule has 8 heavy (non-hydrogen) atoms. The van der Waals surface area contributed by atoms with Crippen molar-refractivity contribution >= 4 is 0 Å². The van der Waals surface area contributed by atoms with Crippen molar-refractivity contribution in [2.45, 2.75) is 38.6 Å². The lowest BCUT2D eigenvalue weighted by Crippen LogP contribution is -2.12. The lowest BCUT2D eigenvalue weighted by atomic mass is 10.1. The highest BCUT2D eigenvalue weighted by Crippen LogP contribution is 2.11. The van der Waals surface area contributed by atoms with E-state index in [4.69, 9.17) is 0 Å². The molecule has 1 atom stereocenters. The van der Waals surface area contributed by atoms with Gasteiger partial charge in [-0.15, -0.1) is 0 Å². The van der Waals surface area contributed by atoms with Gasteiger partial charge >= 0.3 is 0 Å². The van der Waals surface area contributed by atoms with Gasteiger partial charge in [-0.3, -0.25) is 0 Å². The normalized spacial score (nSPS) is 28.9. The fourth-order valence-corrected chi connectivity index (χ4v) is 1.26. The molecule has 0 aromatic heterocycles. The molecule has 1 aliphatic rings. The maximum atomic E-state index is 4.43. The Hall–Kier alpha value is -0.0400. The van der Waals surface area contributed by atoms with Crippen LogP contribution in [0.4, 0.5) is 0 Å². The Kier molecular flexibility index (Phi) is 2.34. The summed E-state index contributed by atoms with van der Waals surface area (Å²) in [5, 5.41) is 4.43. The van der Waals surface area contributed by atoms with Gasteiger partial charge in [-0.1, -0.05) is 13.3 Å². The highest BCUT2D eigenvalue weighted by molar-refractivity contribution is 4.72. The van der Waals surface area contributed by atoms with Gasteiger partial charge in [0.15, 0.2) is 0 Å². The van der Waals surface area contributed by atoms with Gasteiger partial charge < -0.3 is 0 Å². The van der Waals surface area contributed by atoms with Crippen LogP contribution in [0, 0.1) is 0 Å². The lowest BCUT2D eigenvalue weighted by molar-refractivity contribution is 0.543. The van der Waals surface area contributed by atoms with Crippen LogP contribution >= 0.6 is 0 Å². The molecule has 1 heteroatoms. The van der Waals surface area contributed by atoms with E-state index in [9.17, 15) is 0 Å². The Labute approximate surface area is 51.5 Å². The molecule has 1 nitrogen and oxygen atoms in total. The predicted octanol–water partition coefficient (Wildman–Crippen LogP) is 1.55. The number of rotatable bonds is 2. The molecule has 0 unspecified atom stereocenters. The summed E-state index contributed by atoms with van der Waals surface area (Å²) in [5.74, 6) is 0. The van der Waals surface area contributed by atoms with Crippen molar-refractivity contribution in [3.05, 3.63) is 0 Å². The zero-order valence-corrected chi connectivity index (χ0v) is 5.56. The van der Waals surface area contributed by atoms with E-state index < -0.39 is 0 Å². The van der Waals surface area contributed by atoms with Crippen molar-refractivity contribution in [2.24, 2.45) is 0 Å². The van der Waals surface area contributed by atoms with Crippen LogP contribution in [0.5, 0.6) is 0 Å². The zero-order valence-electron chi connectivity index (χ0n) is 5.56. The minimum absolute atomic E-state index is 0.736. The maximum absolute atomic E-state index is 4.43. The molecular weight excluding hydrogens is 98.1 g/mol. The standard InChI is InChI=1S/C7H14N/c1-2-4-7-5-3-6-8-7/h7H,2-6H2,1H3/t7-/m0/s1. The van der Waals surface area contributed by atoms with Crippen molar-refractivity contribution in [1.29, 1.82) is 0 Å². The van der Waals surface area contributed by atoms with Crippen LogP contribution in [0.1, 0.15) is 32.6 Å². The minimum atomic E-state index is 0.736. The third-order valence-corrected chi connectivity index (χ3v) is 1.70. The fourth-order valence-electron chi connectivity index (χ4n) is 1.26. The molecule has 1 aliphatic heterocycles. The molecule has 1 saturated heterocycles. The topological polar surface area (TPSA) is 14.1 Å². The van der Waals surface area contributed by atoms with Gasteiger partial charge in [0.05, 0.1) is 0 Å². The molecule has 0 amide bonds. The second-order valence-corrected chi connectivity index (χ2v) is 2.49. The van der Waals surface area contributed by atoms with Crippen LogP contribution in [-0.2, 0) is 0 Å². The summed E-state index contributed by atoms with van der Waals surface area (Å²) in [6.45, 7) is 3.36. The van der Waals surface area contributed by atoms with Crippen LogP contribution < -0.4 is 5.32 Å². The molecule has 0 spiro atoms. The summed E-state index contributed by atoms with van der Waals surface area (Å²) in [4.78, 5) is 0. The van der Waals surface area contributed by atoms with Crippen molar-refractivity contribution in [2.75, 3.05) is 6.54 Å². The minimum Gasteiger partial charge on any atom is -0.238 e. The molecule has 1 heterocycles. The Morgan fingerprint density at radius 1 is 1.62 bits per heavy atom. The first-order valence-electron chi connectivity index (χ1n) is 3.60. The van der Waals surface area contributed by atoms with E-state index in [0.717, 1.165) is 12.6 Å². The Morgan fingerprint density at radius 3 is 3.00 bits per heavy atom. The van der Waals surface area contributed by atoms with E-state index in [1.54, 1.807) is 0 Å². The summed E-state index contributed by atoms with van der Waals surface area (Å²) in [6.07, 6.45) is 5.31. The van der Waals surface area contributed by atoms with Gasteiger partial charge in [-0.05, 0) is 19.3 Å². The molecule has 1 radical (unpaired) electrons. The molecule has 0 N–H and O–H groups in total. The van der Waals surface area contributed by atoms with Crippen LogP contribution in [0.3, 0.4) is 0 Å². The first-order valence-corrected chi connectivity index (χ1v) is 3.60. The summed E-state index contributed by atoms with van der Waals surface area (Å²) in [7, 11) is 0. The Bertz CT molecular complexity index is 55.4. The smallest absolute Gasteiger partial charge is 0.0246 e. The highest BCUT2D eigenvalue weighted by atomic mass is 14.9. The third-order valence-electron chi connectivity index (χ3n) is 1.70. The molecule has 0 aromatic carbocycles. The predicted molar refractivity (Wildman–Crippen MR) is 34.9 cm³/mol. The van der Waals surface area contributed by atoms with E-state index in [2.05, 4.69) is 12.2 Å². The summed E-state index contributed by atoms with van der Waals surface area (Å²) in [6, 6.07) is 0.736. The molecule has 0 saturated carbocycles. The summed E-state index contributed by atoms with van der Waals surface area (Å²) in [5.41, 5.74) is 0. The highest BCUT2D eigenvalue weighted by Gasteiger charge is 2.12. The van der Waals surface area contributed by atoms with Gasteiger partial charge in [0.1, 0.15) is 0 Å². The van der Waals surface area contributed by atoms with E-state index in [-0.39, 0.29) is 0 Å². The van der Waals surface area contributed by atoms with Crippen molar-refractivity contribution in [1.82, 2.24) is 5.32 Å². The van der Waals surface area contributed by atoms with E-state index >= 15 is 0 Å². The van der Waals surface area contributed by atoms with Crippen LogP contribution in [-0.4, -0.2) is 12.6 Å². The number of hydrogen-bond acceptors (Lipinski definition) is 0. The third kappa shape index (κ3) is 1.48. The van der Waals surface area contributed by atoms with Crippen molar-refractivity contribution in [3.8, 4) is 0 Å². The van der Waals surface area contributed by atoms with Gasteiger partial charge in [0, 0.05) is 12.6 Å². The monoisotopic (exact) mass is 112 g/mol. The maximum Gasteiger partial charge on any atom is 0.0246 e. The Balaban J connectivity index is 2.06. The average molecular weight is 112 g/mol. The van der Waals surface area contributed by atoms with E-state index in [0.29, 0.717) is 0 Å². The lowest BCUT2D eigenvalue weighted by Gasteiger charge is -2.03. The molecule has 1 rings (SSSR count). The van der Waals surface area contributed by atoms with E-state index in [1.165, 1.54) is 25.7 Å². The molecular formula is C7H14N. The second kappa shape index (κ2) is 3.08. The molecule has 47 valence electrons. The van der Waals surface area contributed by atoms with Crippen LogP contribution in [0.25, 0.3) is 0 Å². The van der Waals surface area contributed by atoms with Crippen molar-refractivity contribution in [3.63, 3.8) is 0 Å². The second-order valence-electron chi connectivity index (χ2n) is 2.49. The van der Waals surface area contributed by atoms with Gasteiger partial charge in [-0.2, -0.15) is 0 Å². The van der Waals surface area contributed by atoms with Crippen LogP contribution in [0.15, 0.2) is 0 Å². The molecule has 0 bridgehead atoms. The van der Waals surface area contributed by atoms with E-state index in [1.807, 2.05) is 0 Å². The molecule has 1 fully saturated rings.